The average molecular weight is 270 g/mol. The smallest absolute Gasteiger partial charge is 0.287 e. The summed E-state index contributed by atoms with van der Waals surface area (Å²) in [5, 5.41) is 19.0. The van der Waals surface area contributed by atoms with Crippen molar-refractivity contribution in [3.05, 3.63) is 33.2 Å². The van der Waals surface area contributed by atoms with Gasteiger partial charge in [0.2, 0.25) is 0 Å². The van der Waals surface area contributed by atoms with Crippen LogP contribution in [-0.4, -0.2) is 35.3 Å². The molecule has 2 heterocycles. The van der Waals surface area contributed by atoms with Crippen LogP contribution in [0.5, 0.6) is 0 Å². The molecule has 0 aromatic rings. The van der Waals surface area contributed by atoms with E-state index in [1.165, 1.54) is 0 Å². The van der Waals surface area contributed by atoms with E-state index in [1.807, 2.05) is 11.8 Å². The van der Waals surface area contributed by atoms with Crippen LogP contribution in [0.3, 0.4) is 0 Å². The number of nitrogens with one attached hydrogen (secondary N) is 2. The maximum Gasteiger partial charge on any atom is 0.287 e. The van der Waals surface area contributed by atoms with Crippen molar-refractivity contribution in [3.63, 3.8) is 0 Å². The SMILES string of the molecule is O=[N+]([O-])C1=C(NCCCCN2C=CSC2)NCC1. The minimum Gasteiger partial charge on any atom is -0.367 e. The topological polar surface area (TPSA) is 70.4 Å². The Balaban J connectivity index is 1.61. The van der Waals surface area contributed by atoms with Crippen molar-refractivity contribution >= 4 is 11.8 Å². The number of nitro groups is 1. The van der Waals surface area contributed by atoms with E-state index in [1.54, 1.807) is 0 Å². The fraction of sp³-hybridized carbons (Fsp3) is 0.636. The molecule has 100 valence electrons. The summed E-state index contributed by atoms with van der Waals surface area (Å²) in [4.78, 5) is 12.7. The number of thioether (sulfide) groups is 1. The summed E-state index contributed by atoms with van der Waals surface area (Å²) < 4.78 is 0. The van der Waals surface area contributed by atoms with Gasteiger partial charge in [0.25, 0.3) is 5.70 Å². The summed E-state index contributed by atoms with van der Waals surface area (Å²) >= 11 is 1.81. The molecule has 0 aromatic carbocycles. The molecule has 0 saturated carbocycles. The summed E-state index contributed by atoms with van der Waals surface area (Å²) in [6.45, 7) is 2.50. The molecule has 0 unspecified atom stereocenters. The highest BCUT2D eigenvalue weighted by atomic mass is 32.2. The third-order valence-electron chi connectivity index (χ3n) is 2.95. The lowest BCUT2D eigenvalue weighted by Gasteiger charge is -2.14. The van der Waals surface area contributed by atoms with Gasteiger partial charge >= 0.3 is 0 Å². The Morgan fingerprint density at radius 1 is 1.56 bits per heavy atom. The molecule has 0 saturated heterocycles. The summed E-state index contributed by atoms with van der Waals surface area (Å²) in [6, 6.07) is 0. The van der Waals surface area contributed by atoms with Crippen LogP contribution in [0.2, 0.25) is 0 Å². The standard InChI is InChI=1S/C11H18N4O2S/c16-15(17)10-3-5-13-11(10)12-4-1-2-6-14-7-8-18-9-14/h7-8,12-13H,1-6,9H2. The van der Waals surface area contributed by atoms with Crippen LogP contribution < -0.4 is 10.6 Å². The largest absolute Gasteiger partial charge is 0.367 e. The van der Waals surface area contributed by atoms with E-state index in [4.69, 9.17) is 0 Å². The van der Waals surface area contributed by atoms with Gasteiger partial charge < -0.3 is 15.5 Å². The van der Waals surface area contributed by atoms with Crippen LogP contribution in [0.25, 0.3) is 0 Å². The first-order valence-electron chi connectivity index (χ1n) is 6.15. The zero-order valence-corrected chi connectivity index (χ0v) is 11.0. The molecule has 0 aliphatic carbocycles. The Morgan fingerprint density at radius 2 is 2.44 bits per heavy atom. The van der Waals surface area contributed by atoms with Crippen LogP contribution in [0.4, 0.5) is 0 Å². The summed E-state index contributed by atoms with van der Waals surface area (Å²) in [7, 11) is 0. The highest BCUT2D eigenvalue weighted by Crippen LogP contribution is 2.15. The van der Waals surface area contributed by atoms with Gasteiger partial charge in [-0.25, -0.2) is 0 Å². The first-order valence-corrected chi connectivity index (χ1v) is 7.20. The highest BCUT2D eigenvalue weighted by molar-refractivity contribution is 8.02. The Morgan fingerprint density at radius 3 is 3.17 bits per heavy atom. The molecular formula is C11H18N4O2S. The van der Waals surface area contributed by atoms with Gasteiger partial charge in [0.15, 0.2) is 5.82 Å². The minimum absolute atomic E-state index is 0.286. The minimum atomic E-state index is -0.297. The molecule has 0 bridgehead atoms. The van der Waals surface area contributed by atoms with Gasteiger partial charge in [0, 0.05) is 25.8 Å². The lowest BCUT2D eigenvalue weighted by Crippen LogP contribution is -2.26. The molecule has 2 rings (SSSR count). The van der Waals surface area contributed by atoms with Gasteiger partial charge in [-0.3, -0.25) is 10.1 Å². The first-order chi connectivity index (χ1) is 8.77. The van der Waals surface area contributed by atoms with Crippen LogP contribution in [0.15, 0.2) is 23.1 Å². The van der Waals surface area contributed by atoms with Crippen molar-refractivity contribution in [1.29, 1.82) is 0 Å². The van der Waals surface area contributed by atoms with E-state index < -0.39 is 0 Å². The van der Waals surface area contributed by atoms with Gasteiger partial charge in [-0.2, -0.15) is 0 Å². The molecule has 2 aliphatic rings. The molecule has 6 nitrogen and oxygen atoms in total. The van der Waals surface area contributed by atoms with Crippen molar-refractivity contribution in [2.75, 3.05) is 25.5 Å². The maximum atomic E-state index is 10.7. The average Bonchev–Trinajstić information content (AvgIpc) is 2.98. The van der Waals surface area contributed by atoms with E-state index in [-0.39, 0.29) is 10.6 Å². The molecule has 18 heavy (non-hydrogen) atoms. The summed E-state index contributed by atoms with van der Waals surface area (Å²) in [5.41, 5.74) is 0.286. The molecule has 7 heteroatoms. The molecule has 0 amide bonds. The Labute approximate surface area is 111 Å². The Hall–Kier alpha value is -1.37. The lowest BCUT2D eigenvalue weighted by molar-refractivity contribution is -0.427. The third kappa shape index (κ3) is 3.56. The predicted molar refractivity (Wildman–Crippen MR) is 72.2 cm³/mol. The van der Waals surface area contributed by atoms with Crippen molar-refractivity contribution in [2.45, 2.75) is 19.3 Å². The molecule has 2 N–H and O–H groups in total. The van der Waals surface area contributed by atoms with E-state index >= 15 is 0 Å². The number of hydrogen-bond donors (Lipinski definition) is 2. The number of rotatable bonds is 7. The zero-order valence-electron chi connectivity index (χ0n) is 10.2. The second-order valence-corrected chi connectivity index (χ2v) is 5.15. The quantitative estimate of drug-likeness (QED) is 0.412. The lowest BCUT2D eigenvalue weighted by atomic mass is 10.3. The molecule has 0 aromatic heterocycles. The first kappa shape index (κ1) is 13.1. The number of unbranched alkanes of at least 4 members (excludes halogenated alkanes) is 1. The normalized spacial score (nSPS) is 18.3. The maximum absolute atomic E-state index is 10.7. The van der Waals surface area contributed by atoms with E-state index in [0.29, 0.717) is 18.8 Å². The molecule has 0 fully saturated rings. The second-order valence-electron chi connectivity index (χ2n) is 4.28. The molecule has 0 spiro atoms. The predicted octanol–water partition coefficient (Wildman–Crippen LogP) is 1.27. The molecular weight excluding hydrogens is 252 g/mol. The van der Waals surface area contributed by atoms with Crippen LogP contribution in [-0.2, 0) is 0 Å². The van der Waals surface area contributed by atoms with Crippen molar-refractivity contribution in [2.24, 2.45) is 0 Å². The van der Waals surface area contributed by atoms with Gasteiger partial charge in [0.05, 0.1) is 17.2 Å². The summed E-state index contributed by atoms with van der Waals surface area (Å²) in [6.07, 6.45) is 4.74. The van der Waals surface area contributed by atoms with Crippen molar-refractivity contribution < 1.29 is 4.92 Å². The summed E-state index contributed by atoms with van der Waals surface area (Å²) in [5.74, 6) is 1.66. The van der Waals surface area contributed by atoms with Crippen molar-refractivity contribution in [1.82, 2.24) is 15.5 Å². The molecule has 0 radical (unpaired) electrons. The van der Waals surface area contributed by atoms with Crippen LogP contribution in [0.1, 0.15) is 19.3 Å². The monoisotopic (exact) mass is 270 g/mol. The molecule has 2 aliphatic heterocycles. The van der Waals surface area contributed by atoms with Gasteiger partial charge in [0.1, 0.15) is 0 Å². The number of nitrogens with zero attached hydrogens (tertiary/aromatic N) is 2. The Bertz CT molecular complexity index is 370. The number of hydrogen-bond acceptors (Lipinski definition) is 6. The third-order valence-corrected chi connectivity index (χ3v) is 3.75. The van der Waals surface area contributed by atoms with Crippen LogP contribution in [0, 0.1) is 10.1 Å². The van der Waals surface area contributed by atoms with Gasteiger partial charge in [-0.15, -0.1) is 11.8 Å². The second kappa shape index (κ2) is 6.53. The van der Waals surface area contributed by atoms with Crippen LogP contribution >= 0.6 is 11.8 Å². The zero-order chi connectivity index (χ0) is 12.8. The van der Waals surface area contributed by atoms with E-state index in [9.17, 15) is 10.1 Å². The van der Waals surface area contributed by atoms with E-state index in [0.717, 1.165) is 31.8 Å². The Kier molecular flexibility index (Phi) is 4.74. The fourth-order valence-corrected chi connectivity index (χ4v) is 2.73. The van der Waals surface area contributed by atoms with Crippen molar-refractivity contribution in [3.8, 4) is 0 Å². The van der Waals surface area contributed by atoms with Gasteiger partial charge in [-0.1, -0.05) is 0 Å². The molecule has 0 atom stereocenters. The van der Waals surface area contributed by atoms with E-state index in [2.05, 4.69) is 27.1 Å². The fourth-order valence-electron chi connectivity index (χ4n) is 1.98. The highest BCUT2D eigenvalue weighted by Gasteiger charge is 2.23. The van der Waals surface area contributed by atoms with Gasteiger partial charge in [-0.05, 0) is 18.2 Å².